The lowest BCUT2D eigenvalue weighted by molar-refractivity contribution is 0.308. The van der Waals surface area contributed by atoms with Crippen LogP contribution in [0.2, 0.25) is 0 Å². The summed E-state index contributed by atoms with van der Waals surface area (Å²) in [6.07, 6.45) is 1.17. The number of sulfone groups is 1. The van der Waals surface area contributed by atoms with E-state index in [-0.39, 0.29) is 29.7 Å². The van der Waals surface area contributed by atoms with E-state index in [0.717, 1.165) is 26.2 Å². The first-order valence-corrected chi connectivity index (χ1v) is 10.5. The van der Waals surface area contributed by atoms with E-state index in [2.05, 4.69) is 34.4 Å². The van der Waals surface area contributed by atoms with Gasteiger partial charge in [0, 0.05) is 32.9 Å². The van der Waals surface area contributed by atoms with Gasteiger partial charge in [-0.2, -0.15) is 0 Å². The molecule has 1 aromatic rings. The predicted octanol–water partition coefficient (Wildman–Crippen LogP) is 2.00. The van der Waals surface area contributed by atoms with Crippen molar-refractivity contribution in [2.24, 2.45) is 4.99 Å². The van der Waals surface area contributed by atoms with Gasteiger partial charge in [-0.15, -0.1) is 24.0 Å². The lowest BCUT2D eigenvalue weighted by Crippen LogP contribution is -2.41. The minimum absolute atomic E-state index is 0. The second-order valence-electron chi connectivity index (χ2n) is 5.86. The highest BCUT2D eigenvalue weighted by molar-refractivity contribution is 14.0. The Labute approximate surface area is 173 Å². The highest BCUT2D eigenvalue weighted by Crippen LogP contribution is 2.14. The van der Waals surface area contributed by atoms with Gasteiger partial charge in [0.05, 0.1) is 5.75 Å². The Hall–Kier alpha value is -0.940. The molecule has 0 aromatic heterocycles. The van der Waals surface area contributed by atoms with Gasteiger partial charge < -0.3 is 15.5 Å². The van der Waals surface area contributed by atoms with Gasteiger partial charge in [0.25, 0.3) is 0 Å². The van der Waals surface area contributed by atoms with E-state index in [1.54, 1.807) is 7.05 Å². The van der Waals surface area contributed by atoms with E-state index >= 15 is 0 Å². The molecule has 0 bridgehead atoms. The van der Waals surface area contributed by atoms with E-state index in [4.69, 9.17) is 0 Å². The van der Waals surface area contributed by atoms with Gasteiger partial charge in [-0.25, -0.2) is 12.8 Å². The molecule has 0 aliphatic rings. The second kappa shape index (κ2) is 12.4. The molecule has 1 rings (SSSR count). The largest absolute Gasteiger partial charge is 0.355 e. The average molecular weight is 500 g/mol. The fourth-order valence-corrected chi connectivity index (χ4v) is 3.30. The summed E-state index contributed by atoms with van der Waals surface area (Å²) in [5.41, 5.74) is 1.20. The SMILES string of the molecule is CCN(CC)CCNC(=NC)NCc1cc(F)ccc1CS(C)(=O)=O.I. The zero-order valence-electron chi connectivity index (χ0n) is 15.9. The Bertz CT molecular complexity index is 679. The number of rotatable bonds is 9. The van der Waals surface area contributed by atoms with E-state index < -0.39 is 15.7 Å². The fraction of sp³-hybridized carbons (Fsp3) is 0.588. The molecule has 0 heterocycles. The maximum Gasteiger partial charge on any atom is 0.191 e. The van der Waals surface area contributed by atoms with Crippen LogP contribution in [0.15, 0.2) is 23.2 Å². The summed E-state index contributed by atoms with van der Waals surface area (Å²) in [6, 6.07) is 4.15. The maximum atomic E-state index is 13.5. The summed E-state index contributed by atoms with van der Waals surface area (Å²) in [7, 11) is -1.53. The van der Waals surface area contributed by atoms with Crippen LogP contribution < -0.4 is 10.6 Å². The van der Waals surface area contributed by atoms with Gasteiger partial charge in [-0.05, 0) is 36.3 Å². The smallest absolute Gasteiger partial charge is 0.191 e. The first-order valence-electron chi connectivity index (χ1n) is 8.41. The summed E-state index contributed by atoms with van der Waals surface area (Å²) in [5.74, 6) is 0.0958. The molecule has 0 spiro atoms. The lowest BCUT2D eigenvalue weighted by atomic mass is 10.1. The number of benzene rings is 1. The normalized spacial score (nSPS) is 12.0. The van der Waals surface area contributed by atoms with Crippen LogP contribution in [-0.4, -0.2) is 58.8 Å². The molecule has 1 aromatic carbocycles. The Morgan fingerprint density at radius 2 is 1.85 bits per heavy atom. The van der Waals surface area contributed by atoms with Crippen LogP contribution in [0.5, 0.6) is 0 Å². The van der Waals surface area contributed by atoms with Crippen molar-refractivity contribution in [3.8, 4) is 0 Å². The molecule has 0 atom stereocenters. The van der Waals surface area contributed by atoms with Crippen molar-refractivity contribution in [3.63, 3.8) is 0 Å². The van der Waals surface area contributed by atoms with Crippen LogP contribution >= 0.6 is 24.0 Å². The van der Waals surface area contributed by atoms with Crippen molar-refractivity contribution in [2.45, 2.75) is 26.1 Å². The number of likely N-dealkylation sites (N-methyl/N-ethyl adjacent to an activating group) is 1. The van der Waals surface area contributed by atoms with E-state index in [9.17, 15) is 12.8 Å². The van der Waals surface area contributed by atoms with Crippen molar-refractivity contribution in [2.75, 3.05) is 39.5 Å². The van der Waals surface area contributed by atoms with Crippen LogP contribution in [0.3, 0.4) is 0 Å². The summed E-state index contributed by atoms with van der Waals surface area (Å²) < 4.78 is 36.6. The van der Waals surface area contributed by atoms with Gasteiger partial charge in [-0.1, -0.05) is 19.9 Å². The minimum atomic E-state index is -3.19. The third-order valence-electron chi connectivity index (χ3n) is 3.87. The molecule has 2 N–H and O–H groups in total. The molecule has 26 heavy (non-hydrogen) atoms. The summed E-state index contributed by atoms with van der Waals surface area (Å²) in [5, 5.41) is 6.31. The number of halogens is 2. The predicted molar refractivity (Wildman–Crippen MR) is 116 cm³/mol. The van der Waals surface area contributed by atoms with E-state index in [1.165, 1.54) is 24.5 Å². The van der Waals surface area contributed by atoms with Gasteiger partial charge in [0.1, 0.15) is 5.82 Å². The quantitative estimate of drug-likeness (QED) is 0.308. The number of hydrogen-bond donors (Lipinski definition) is 2. The fourth-order valence-electron chi connectivity index (χ4n) is 2.45. The first-order chi connectivity index (χ1) is 11.8. The molecule has 9 heteroatoms. The molecular weight excluding hydrogens is 470 g/mol. The standard InChI is InChI=1S/C17H29FN4O2S.HI/c1-5-22(6-2)10-9-20-17(19-3)21-12-15-11-16(18)8-7-14(15)13-25(4,23)24;/h7-8,11H,5-6,9-10,12-13H2,1-4H3,(H2,19,20,21);1H. The van der Waals surface area contributed by atoms with Crippen molar-refractivity contribution in [1.82, 2.24) is 15.5 Å². The topological polar surface area (TPSA) is 73.8 Å². The molecule has 0 fully saturated rings. The molecule has 0 saturated carbocycles. The van der Waals surface area contributed by atoms with Gasteiger partial charge >= 0.3 is 0 Å². The molecule has 0 aliphatic heterocycles. The van der Waals surface area contributed by atoms with Crippen LogP contribution in [0.1, 0.15) is 25.0 Å². The molecule has 0 unspecified atom stereocenters. The monoisotopic (exact) mass is 500 g/mol. The molecular formula is C17H30FIN4O2S. The molecule has 0 radical (unpaired) electrons. The summed E-state index contributed by atoms with van der Waals surface area (Å²) in [6.45, 7) is 8.14. The number of nitrogens with zero attached hydrogens (tertiary/aromatic N) is 2. The van der Waals surface area contributed by atoms with Crippen LogP contribution in [-0.2, 0) is 22.1 Å². The van der Waals surface area contributed by atoms with Crippen molar-refractivity contribution in [1.29, 1.82) is 0 Å². The zero-order chi connectivity index (χ0) is 18.9. The number of aliphatic imine (C=N–C) groups is 1. The third-order valence-corrected chi connectivity index (χ3v) is 4.71. The van der Waals surface area contributed by atoms with Crippen molar-refractivity contribution >= 4 is 39.8 Å². The highest BCUT2D eigenvalue weighted by atomic mass is 127. The van der Waals surface area contributed by atoms with Gasteiger partial charge in [0.15, 0.2) is 15.8 Å². The zero-order valence-corrected chi connectivity index (χ0v) is 19.0. The van der Waals surface area contributed by atoms with Crippen molar-refractivity contribution < 1.29 is 12.8 Å². The number of guanidine groups is 1. The number of nitrogens with one attached hydrogen (secondary N) is 2. The molecule has 0 saturated heterocycles. The molecule has 150 valence electrons. The van der Waals surface area contributed by atoms with Crippen LogP contribution in [0.4, 0.5) is 4.39 Å². The molecule has 6 nitrogen and oxygen atoms in total. The van der Waals surface area contributed by atoms with Gasteiger partial charge in [0.2, 0.25) is 0 Å². The Morgan fingerprint density at radius 3 is 2.38 bits per heavy atom. The minimum Gasteiger partial charge on any atom is -0.355 e. The third kappa shape index (κ3) is 9.67. The highest BCUT2D eigenvalue weighted by Gasteiger charge is 2.11. The van der Waals surface area contributed by atoms with E-state index in [1.807, 2.05) is 0 Å². The average Bonchev–Trinajstić information content (AvgIpc) is 2.55. The number of hydrogen-bond acceptors (Lipinski definition) is 4. The first kappa shape index (κ1) is 25.1. The van der Waals surface area contributed by atoms with Crippen LogP contribution in [0.25, 0.3) is 0 Å². The Kier molecular flexibility index (Phi) is 12.0. The lowest BCUT2D eigenvalue weighted by Gasteiger charge is -2.19. The maximum absolute atomic E-state index is 13.5. The molecule has 0 amide bonds. The summed E-state index contributed by atoms with van der Waals surface area (Å²) in [4.78, 5) is 6.43. The van der Waals surface area contributed by atoms with Crippen molar-refractivity contribution in [3.05, 3.63) is 35.1 Å². The van der Waals surface area contributed by atoms with Gasteiger partial charge in [-0.3, -0.25) is 4.99 Å². The summed E-state index contributed by atoms with van der Waals surface area (Å²) >= 11 is 0. The van der Waals surface area contributed by atoms with E-state index in [0.29, 0.717) is 23.6 Å². The Balaban J connectivity index is 0.00000625. The molecule has 0 aliphatic carbocycles. The van der Waals surface area contributed by atoms with Crippen LogP contribution in [0, 0.1) is 5.82 Å². The Morgan fingerprint density at radius 1 is 1.19 bits per heavy atom. The second-order valence-corrected chi connectivity index (χ2v) is 8.00.